The quantitative estimate of drug-likeness (QED) is 0.522. The van der Waals surface area contributed by atoms with E-state index in [1.807, 2.05) is 6.92 Å². The molecule has 0 aromatic rings. The van der Waals surface area contributed by atoms with Crippen molar-refractivity contribution >= 4 is 11.8 Å². The smallest absolute Gasteiger partial charge is 0.240 e. The predicted octanol–water partition coefficient (Wildman–Crippen LogP) is -2.07. The van der Waals surface area contributed by atoms with Crippen molar-refractivity contribution in [1.82, 2.24) is 20.9 Å². The van der Waals surface area contributed by atoms with Gasteiger partial charge in [0.1, 0.15) is 6.04 Å². The summed E-state index contributed by atoms with van der Waals surface area (Å²) in [5.74, 6) is -0.374. The van der Waals surface area contributed by atoms with Gasteiger partial charge in [-0.2, -0.15) is 0 Å². The van der Waals surface area contributed by atoms with Gasteiger partial charge in [-0.3, -0.25) is 14.5 Å². The predicted molar refractivity (Wildman–Crippen MR) is 80.5 cm³/mol. The first kappa shape index (κ1) is 17.1. The van der Waals surface area contributed by atoms with Gasteiger partial charge in [-0.15, -0.1) is 0 Å². The number of ether oxygens (including phenoxy) is 2. The summed E-state index contributed by atoms with van der Waals surface area (Å²) in [6.45, 7) is 7.77. The third-order valence-corrected chi connectivity index (χ3v) is 3.88. The van der Waals surface area contributed by atoms with Crippen LogP contribution in [0.2, 0.25) is 0 Å². The van der Waals surface area contributed by atoms with Gasteiger partial charge in [0.25, 0.3) is 0 Å². The molecular weight excluding hydrogens is 288 g/mol. The minimum absolute atomic E-state index is 0.00710. The lowest BCUT2D eigenvalue weighted by Crippen LogP contribution is -2.56. The van der Waals surface area contributed by atoms with Crippen LogP contribution in [0.3, 0.4) is 0 Å². The highest BCUT2D eigenvalue weighted by molar-refractivity contribution is 5.87. The lowest BCUT2D eigenvalue weighted by atomic mass is 10.1. The lowest BCUT2D eigenvalue weighted by molar-refractivity contribution is -0.131. The van der Waals surface area contributed by atoms with Gasteiger partial charge >= 0.3 is 0 Å². The Labute approximate surface area is 130 Å². The Morgan fingerprint density at radius 1 is 1.23 bits per heavy atom. The van der Waals surface area contributed by atoms with E-state index in [0.717, 1.165) is 32.8 Å². The maximum absolute atomic E-state index is 12.0. The van der Waals surface area contributed by atoms with Gasteiger partial charge in [0.05, 0.1) is 32.5 Å². The number of rotatable bonds is 6. The number of morpholine rings is 2. The number of hydrogen-bond donors (Lipinski definition) is 3. The molecule has 0 saturated carbocycles. The Kier molecular flexibility index (Phi) is 7.04. The second-order valence-corrected chi connectivity index (χ2v) is 5.53. The molecule has 2 rings (SSSR count). The van der Waals surface area contributed by atoms with Crippen LogP contribution in [-0.2, 0) is 19.1 Å². The molecule has 0 aliphatic carbocycles. The fourth-order valence-corrected chi connectivity index (χ4v) is 2.55. The molecule has 2 fully saturated rings. The third-order valence-electron chi connectivity index (χ3n) is 3.88. The van der Waals surface area contributed by atoms with E-state index in [9.17, 15) is 9.59 Å². The number of carbonyl (C=O) groups excluding carboxylic acids is 2. The fraction of sp³-hybridized carbons (Fsp3) is 0.857. The average molecular weight is 314 g/mol. The minimum atomic E-state index is -0.394. The molecule has 8 heteroatoms. The van der Waals surface area contributed by atoms with Crippen molar-refractivity contribution in [3.8, 4) is 0 Å². The van der Waals surface area contributed by atoms with E-state index in [0.29, 0.717) is 19.7 Å². The zero-order chi connectivity index (χ0) is 15.8. The largest absolute Gasteiger partial charge is 0.379 e. The number of nitrogens with one attached hydrogen (secondary N) is 3. The topological polar surface area (TPSA) is 91.9 Å². The first-order chi connectivity index (χ1) is 10.7. The maximum atomic E-state index is 12.0. The number of hydrogen-bond acceptors (Lipinski definition) is 6. The number of carbonyl (C=O) groups is 2. The number of nitrogens with zero attached hydrogens (tertiary/aromatic N) is 1. The molecule has 2 aliphatic rings. The van der Waals surface area contributed by atoms with E-state index in [-0.39, 0.29) is 24.5 Å². The van der Waals surface area contributed by atoms with Gasteiger partial charge in [0, 0.05) is 32.7 Å². The van der Waals surface area contributed by atoms with Gasteiger partial charge < -0.3 is 25.4 Å². The maximum Gasteiger partial charge on any atom is 0.240 e. The summed E-state index contributed by atoms with van der Waals surface area (Å²) in [5.41, 5.74) is 0. The molecule has 2 heterocycles. The Morgan fingerprint density at radius 3 is 2.73 bits per heavy atom. The standard InChI is InChI=1S/C14H26N4O4/c1-11-13(16-3-7-22-11)14(20)17-10-12(19)15-2-4-18-5-8-21-9-6-18/h11,13,16H,2-10H2,1H3,(H,15,19)(H,17,20)/t11-,13+/m1/s1. The summed E-state index contributed by atoms with van der Waals surface area (Å²) in [4.78, 5) is 26.0. The molecule has 0 unspecified atom stereocenters. The van der Waals surface area contributed by atoms with Crippen LogP contribution in [0.5, 0.6) is 0 Å². The molecule has 2 amide bonds. The van der Waals surface area contributed by atoms with Gasteiger partial charge in [0.2, 0.25) is 11.8 Å². The molecule has 0 bridgehead atoms. The summed E-state index contributed by atoms with van der Waals surface area (Å²) in [5, 5.41) is 8.55. The lowest BCUT2D eigenvalue weighted by Gasteiger charge is -2.29. The van der Waals surface area contributed by atoms with E-state index < -0.39 is 6.04 Å². The molecule has 0 aromatic carbocycles. The highest BCUT2D eigenvalue weighted by Crippen LogP contribution is 2.03. The minimum Gasteiger partial charge on any atom is -0.379 e. The fourth-order valence-electron chi connectivity index (χ4n) is 2.55. The summed E-state index contributed by atoms with van der Waals surface area (Å²) in [6.07, 6.45) is -0.182. The summed E-state index contributed by atoms with van der Waals surface area (Å²) >= 11 is 0. The van der Waals surface area contributed by atoms with Crippen LogP contribution < -0.4 is 16.0 Å². The van der Waals surface area contributed by atoms with Gasteiger partial charge in [-0.25, -0.2) is 0 Å². The monoisotopic (exact) mass is 314 g/mol. The number of amides is 2. The highest BCUT2D eigenvalue weighted by atomic mass is 16.5. The normalized spacial score (nSPS) is 26.4. The second kappa shape index (κ2) is 9.04. The Hall–Kier alpha value is -1.22. The van der Waals surface area contributed by atoms with Crippen molar-refractivity contribution in [3.63, 3.8) is 0 Å². The molecule has 22 heavy (non-hydrogen) atoms. The van der Waals surface area contributed by atoms with Crippen molar-refractivity contribution in [3.05, 3.63) is 0 Å². The third kappa shape index (κ3) is 5.53. The van der Waals surface area contributed by atoms with Crippen LogP contribution in [-0.4, -0.2) is 87.9 Å². The Morgan fingerprint density at radius 2 is 2.00 bits per heavy atom. The summed E-state index contributed by atoms with van der Waals surface area (Å²) in [7, 11) is 0. The molecule has 3 N–H and O–H groups in total. The van der Waals surface area contributed by atoms with Crippen LogP contribution in [0.15, 0.2) is 0 Å². The van der Waals surface area contributed by atoms with E-state index >= 15 is 0 Å². The van der Waals surface area contributed by atoms with Crippen molar-refractivity contribution in [2.75, 3.05) is 59.1 Å². The Balaban J connectivity index is 1.57. The molecule has 0 spiro atoms. The van der Waals surface area contributed by atoms with E-state index in [4.69, 9.17) is 9.47 Å². The summed E-state index contributed by atoms with van der Waals surface area (Å²) in [6, 6.07) is -0.394. The van der Waals surface area contributed by atoms with E-state index in [2.05, 4.69) is 20.9 Å². The van der Waals surface area contributed by atoms with E-state index in [1.54, 1.807) is 0 Å². The molecule has 8 nitrogen and oxygen atoms in total. The van der Waals surface area contributed by atoms with Crippen LogP contribution in [0.25, 0.3) is 0 Å². The van der Waals surface area contributed by atoms with E-state index in [1.165, 1.54) is 0 Å². The molecule has 0 aromatic heterocycles. The van der Waals surface area contributed by atoms with Crippen LogP contribution in [0.1, 0.15) is 6.92 Å². The average Bonchev–Trinajstić information content (AvgIpc) is 2.54. The zero-order valence-corrected chi connectivity index (χ0v) is 13.1. The molecule has 2 atom stereocenters. The van der Waals surface area contributed by atoms with Crippen LogP contribution in [0, 0.1) is 0 Å². The summed E-state index contributed by atoms with van der Waals surface area (Å²) < 4.78 is 10.7. The van der Waals surface area contributed by atoms with Crippen LogP contribution >= 0.6 is 0 Å². The van der Waals surface area contributed by atoms with Crippen molar-refractivity contribution in [2.45, 2.75) is 19.1 Å². The van der Waals surface area contributed by atoms with Gasteiger partial charge in [0.15, 0.2) is 0 Å². The SMILES string of the molecule is C[C@H]1OCCN[C@@H]1C(=O)NCC(=O)NCCN1CCOCC1. The Bertz CT molecular complexity index is 374. The molecular formula is C14H26N4O4. The second-order valence-electron chi connectivity index (χ2n) is 5.53. The first-order valence-corrected chi connectivity index (χ1v) is 7.86. The molecule has 2 saturated heterocycles. The van der Waals surface area contributed by atoms with Gasteiger partial charge in [-0.05, 0) is 6.92 Å². The van der Waals surface area contributed by atoms with Crippen molar-refractivity contribution < 1.29 is 19.1 Å². The molecule has 0 radical (unpaired) electrons. The molecule has 126 valence electrons. The van der Waals surface area contributed by atoms with Crippen molar-refractivity contribution in [1.29, 1.82) is 0 Å². The van der Waals surface area contributed by atoms with Gasteiger partial charge in [-0.1, -0.05) is 0 Å². The first-order valence-electron chi connectivity index (χ1n) is 7.86. The zero-order valence-electron chi connectivity index (χ0n) is 13.1. The van der Waals surface area contributed by atoms with Crippen molar-refractivity contribution in [2.24, 2.45) is 0 Å². The molecule has 2 aliphatic heterocycles. The highest BCUT2D eigenvalue weighted by Gasteiger charge is 2.28. The van der Waals surface area contributed by atoms with Crippen LogP contribution in [0.4, 0.5) is 0 Å².